The van der Waals surface area contributed by atoms with Crippen molar-refractivity contribution in [2.45, 2.75) is 73.6 Å². The Bertz CT molecular complexity index is 133. The summed E-state index contributed by atoms with van der Waals surface area (Å²) < 4.78 is 0. The van der Waals surface area contributed by atoms with Crippen molar-refractivity contribution in [3.63, 3.8) is 0 Å². The fourth-order valence-corrected chi connectivity index (χ4v) is 2.29. The summed E-state index contributed by atoms with van der Waals surface area (Å²) in [6.07, 6.45) is 7.14. The van der Waals surface area contributed by atoms with Crippen LogP contribution in [-0.4, -0.2) is 0 Å². The van der Waals surface area contributed by atoms with E-state index in [-0.39, 0.29) is 0 Å². The van der Waals surface area contributed by atoms with Gasteiger partial charge >= 0.3 is 0 Å². The molecule has 0 fully saturated rings. The van der Waals surface area contributed by atoms with Crippen molar-refractivity contribution < 1.29 is 0 Å². The lowest BCUT2D eigenvalue weighted by atomic mass is 9.83. The average Bonchev–Trinajstić information content (AvgIpc) is 2.08. The molecule has 0 saturated heterocycles. The third-order valence-corrected chi connectivity index (χ3v) is 3.32. The van der Waals surface area contributed by atoms with Crippen LogP contribution in [0.25, 0.3) is 0 Å². The van der Waals surface area contributed by atoms with Gasteiger partial charge < -0.3 is 0 Å². The van der Waals surface area contributed by atoms with Gasteiger partial charge in [-0.15, -0.1) is 0 Å². The number of unbranched alkanes of at least 4 members (excludes halogenated alkanes) is 1. The quantitative estimate of drug-likeness (QED) is 0.465. The average molecular weight is 212 g/mol. The number of hydrogen-bond acceptors (Lipinski definition) is 0. The van der Waals surface area contributed by atoms with E-state index in [0.29, 0.717) is 0 Å². The summed E-state index contributed by atoms with van der Waals surface area (Å²) in [6, 6.07) is 0. The Morgan fingerprint density at radius 3 is 1.60 bits per heavy atom. The van der Waals surface area contributed by atoms with Gasteiger partial charge in [0.2, 0.25) is 0 Å². The fourth-order valence-electron chi connectivity index (χ4n) is 2.29. The fraction of sp³-hybridized carbons (Fsp3) is 1.00. The molecule has 15 heavy (non-hydrogen) atoms. The van der Waals surface area contributed by atoms with E-state index in [1.165, 1.54) is 32.1 Å². The third kappa shape index (κ3) is 8.96. The van der Waals surface area contributed by atoms with Gasteiger partial charge in [0.1, 0.15) is 0 Å². The monoisotopic (exact) mass is 212 g/mol. The van der Waals surface area contributed by atoms with E-state index in [2.05, 4.69) is 41.5 Å². The first-order chi connectivity index (χ1) is 6.93. The topological polar surface area (TPSA) is 0 Å². The Morgan fingerprint density at radius 2 is 1.20 bits per heavy atom. The van der Waals surface area contributed by atoms with Gasteiger partial charge in [0.05, 0.1) is 0 Å². The molecule has 0 aromatic carbocycles. The molecule has 0 bridgehead atoms. The first kappa shape index (κ1) is 15.0. The summed E-state index contributed by atoms with van der Waals surface area (Å²) >= 11 is 0. The maximum Gasteiger partial charge on any atom is -0.0389 e. The molecule has 1 unspecified atom stereocenters. The minimum absolute atomic E-state index is 0.863. The molecule has 0 amide bonds. The molecule has 92 valence electrons. The van der Waals surface area contributed by atoms with E-state index in [1.807, 2.05) is 0 Å². The van der Waals surface area contributed by atoms with Crippen LogP contribution in [0.15, 0.2) is 0 Å². The normalized spacial score (nSPS) is 14.2. The van der Waals surface area contributed by atoms with Crippen LogP contribution in [0.5, 0.6) is 0 Å². The van der Waals surface area contributed by atoms with Gasteiger partial charge in [0.15, 0.2) is 0 Å². The highest BCUT2D eigenvalue weighted by molar-refractivity contribution is 4.65. The molecular formula is C15H32. The molecule has 0 N–H and O–H groups in total. The van der Waals surface area contributed by atoms with Gasteiger partial charge in [-0.05, 0) is 30.1 Å². The minimum Gasteiger partial charge on any atom is -0.0628 e. The Labute approximate surface area is 97.8 Å². The molecule has 0 saturated carbocycles. The predicted octanol–water partition coefficient (Wildman–Crippen LogP) is 5.52. The Hall–Kier alpha value is 0. The molecule has 0 aliphatic carbocycles. The summed E-state index contributed by atoms with van der Waals surface area (Å²) in [7, 11) is 0. The molecule has 0 heteroatoms. The van der Waals surface area contributed by atoms with Crippen molar-refractivity contribution in [3.05, 3.63) is 0 Å². The van der Waals surface area contributed by atoms with Crippen LogP contribution in [0.4, 0.5) is 0 Å². The van der Waals surface area contributed by atoms with Gasteiger partial charge in [0, 0.05) is 0 Å². The van der Waals surface area contributed by atoms with Gasteiger partial charge in [-0.25, -0.2) is 0 Å². The summed E-state index contributed by atoms with van der Waals surface area (Å²) in [6.45, 7) is 14.1. The number of rotatable bonds is 8. The summed E-state index contributed by atoms with van der Waals surface area (Å²) in [5, 5.41) is 0. The first-order valence-corrected chi connectivity index (χ1v) is 6.93. The van der Waals surface area contributed by atoms with Crippen LogP contribution < -0.4 is 0 Å². The maximum absolute atomic E-state index is 2.38. The van der Waals surface area contributed by atoms with Gasteiger partial charge in [-0.2, -0.15) is 0 Å². The molecule has 0 aliphatic heterocycles. The highest BCUT2D eigenvalue weighted by atomic mass is 14.2. The summed E-state index contributed by atoms with van der Waals surface area (Å²) in [4.78, 5) is 0. The first-order valence-electron chi connectivity index (χ1n) is 6.93. The molecule has 0 aliphatic rings. The molecule has 0 aromatic rings. The molecule has 0 nitrogen and oxygen atoms in total. The summed E-state index contributed by atoms with van der Waals surface area (Å²) in [5.74, 6) is 3.57. The van der Waals surface area contributed by atoms with E-state index < -0.39 is 0 Å². The Kier molecular flexibility index (Phi) is 8.19. The van der Waals surface area contributed by atoms with Crippen molar-refractivity contribution in [2.24, 2.45) is 23.7 Å². The molecule has 0 heterocycles. The second kappa shape index (κ2) is 8.19. The van der Waals surface area contributed by atoms with Crippen LogP contribution in [-0.2, 0) is 0 Å². The molecule has 0 radical (unpaired) electrons. The zero-order valence-electron chi connectivity index (χ0n) is 11.8. The van der Waals surface area contributed by atoms with E-state index in [0.717, 1.165) is 23.7 Å². The molecule has 0 aromatic heterocycles. The van der Waals surface area contributed by atoms with E-state index in [9.17, 15) is 0 Å². The van der Waals surface area contributed by atoms with Crippen LogP contribution in [0, 0.1) is 23.7 Å². The highest BCUT2D eigenvalue weighted by Crippen LogP contribution is 2.26. The van der Waals surface area contributed by atoms with E-state index >= 15 is 0 Å². The van der Waals surface area contributed by atoms with Crippen molar-refractivity contribution in [3.8, 4) is 0 Å². The molecule has 1 atom stereocenters. The van der Waals surface area contributed by atoms with Gasteiger partial charge in [0.25, 0.3) is 0 Å². The van der Waals surface area contributed by atoms with Crippen LogP contribution >= 0.6 is 0 Å². The van der Waals surface area contributed by atoms with Crippen molar-refractivity contribution in [1.82, 2.24) is 0 Å². The number of hydrogen-bond donors (Lipinski definition) is 0. The zero-order valence-corrected chi connectivity index (χ0v) is 11.8. The molecule has 0 rings (SSSR count). The van der Waals surface area contributed by atoms with Crippen LogP contribution in [0.3, 0.4) is 0 Å². The van der Waals surface area contributed by atoms with Crippen LogP contribution in [0.1, 0.15) is 73.6 Å². The van der Waals surface area contributed by atoms with Crippen molar-refractivity contribution in [1.29, 1.82) is 0 Å². The van der Waals surface area contributed by atoms with E-state index in [1.54, 1.807) is 0 Å². The largest absolute Gasteiger partial charge is 0.0628 e. The van der Waals surface area contributed by atoms with E-state index in [4.69, 9.17) is 0 Å². The Balaban J connectivity index is 3.67. The van der Waals surface area contributed by atoms with Crippen molar-refractivity contribution >= 4 is 0 Å². The Morgan fingerprint density at radius 1 is 0.667 bits per heavy atom. The predicted molar refractivity (Wildman–Crippen MR) is 71.1 cm³/mol. The molecular weight excluding hydrogens is 180 g/mol. The summed E-state index contributed by atoms with van der Waals surface area (Å²) in [5.41, 5.74) is 0. The standard InChI is InChI=1S/C15H32/c1-12(2)9-7-8-10-15(14(5)6)11-13(3)4/h12-15H,7-11H2,1-6H3. The smallest absolute Gasteiger partial charge is 0.0389 e. The second-order valence-corrected chi connectivity index (χ2v) is 6.31. The maximum atomic E-state index is 2.38. The highest BCUT2D eigenvalue weighted by Gasteiger charge is 2.14. The van der Waals surface area contributed by atoms with Crippen LogP contribution in [0.2, 0.25) is 0 Å². The van der Waals surface area contributed by atoms with Crippen molar-refractivity contribution in [2.75, 3.05) is 0 Å². The third-order valence-electron chi connectivity index (χ3n) is 3.32. The zero-order chi connectivity index (χ0) is 11.8. The van der Waals surface area contributed by atoms with Gasteiger partial charge in [-0.1, -0.05) is 67.2 Å². The lowest BCUT2D eigenvalue weighted by Gasteiger charge is -2.22. The minimum atomic E-state index is 0.863. The lowest BCUT2D eigenvalue weighted by molar-refractivity contribution is 0.287. The lowest BCUT2D eigenvalue weighted by Crippen LogP contribution is -2.11. The molecule has 0 spiro atoms. The second-order valence-electron chi connectivity index (χ2n) is 6.31. The van der Waals surface area contributed by atoms with Gasteiger partial charge in [-0.3, -0.25) is 0 Å². The SMILES string of the molecule is CC(C)CCCCC(CC(C)C)C(C)C.